The van der Waals surface area contributed by atoms with Gasteiger partial charge in [-0.25, -0.2) is 4.98 Å². The highest BCUT2D eigenvalue weighted by Gasteiger charge is 2.12. The Balaban J connectivity index is 1.79. The molecule has 1 aromatic heterocycles. The van der Waals surface area contributed by atoms with E-state index in [1.807, 2.05) is 53.9 Å². The highest BCUT2D eigenvalue weighted by Crippen LogP contribution is 2.34. The van der Waals surface area contributed by atoms with E-state index in [2.05, 4.69) is 4.98 Å². The Hall–Kier alpha value is -2.53. The minimum absolute atomic E-state index is 0.445. The first kappa shape index (κ1) is 15.4. The molecule has 3 rings (SSSR count). The lowest BCUT2D eigenvalue weighted by atomic mass is 10.1. The first-order valence-corrected chi connectivity index (χ1v) is 8.03. The molecule has 0 amide bonds. The highest BCUT2D eigenvalue weighted by molar-refractivity contribution is 7.09. The maximum Gasteiger partial charge on any atom is 0.140 e. The molecule has 0 N–H and O–H groups in total. The van der Waals surface area contributed by atoms with Crippen LogP contribution in [0.25, 0.3) is 11.3 Å². The van der Waals surface area contributed by atoms with Crippen molar-refractivity contribution in [2.24, 2.45) is 0 Å². The standard InChI is InChI=1S/C18H17NO3S/c1-20-14-8-9-17(21-2)15(10-14)16-12-23-18(19-16)11-22-13-6-4-3-5-7-13/h3-10,12H,11H2,1-2H3. The minimum Gasteiger partial charge on any atom is -0.497 e. The topological polar surface area (TPSA) is 40.6 Å². The maximum absolute atomic E-state index is 5.73. The molecule has 0 unspecified atom stereocenters. The van der Waals surface area contributed by atoms with Crippen molar-refractivity contribution in [2.45, 2.75) is 6.61 Å². The summed E-state index contributed by atoms with van der Waals surface area (Å²) in [5.74, 6) is 2.38. The molecule has 23 heavy (non-hydrogen) atoms. The number of methoxy groups -OCH3 is 2. The first-order valence-electron chi connectivity index (χ1n) is 7.15. The Morgan fingerprint density at radius 3 is 2.52 bits per heavy atom. The molecule has 2 aromatic carbocycles. The summed E-state index contributed by atoms with van der Waals surface area (Å²) in [6.45, 7) is 0.445. The smallest absolute Gasteiger partial charge is 0.140 e. The molecular weight excluding hydrogens is 310 g/mol. The van der Waals surface area contributed by atoms with Gasteiger partial charge >= 0.3 is 0 Å². The van der Waals surface area contributed by atoms with E-state index in [1.165, 1.54) is 0 Å². The molecule has 0 atom stereocenters. The van der Waals surface area contributed by atoms with Crippen LogP contribution in [0.1, 0.15) is 5.01 Å². The van der Waals surface area contributed by atoms with Crippen LogP contribution in [0.15, 0.2) is 53.9 Å². The van der Waals surface area contributed by atoms with Crippen LogP contribution in [0.5, 0.6) is 17.2 Å². The number of ether oxygens (including phenoxy) is 3. The van der Waals surface area contributed by atoms with Gasteiger partial charge in [-0.1, -0.05) is 18.2 Å². The Bertz CT molecular complexity index is 771. The van der Waals surface area contributed by atoms with Crippen molar-refractivity contribution < 1.29 is 14.2 Å². The third-order valence-corrected chi connectivity index (χ3v) is 4.16. The number of hydrogen-bond acceptors (Lipinski definition) is 5. The molecule has 1 heterocycles. The molecular formula is C18H17NO3S. The fourth-order valence-corrected chi connectivity index (χ4v) is 2.88. The molecule has 0 aliphatic heterocycles. The van der Waals surface area contributed by atoms with Gasteiger partial charge in [0.25, 0.3) is 0 Å². The van der Waals surface area contributed by atoms with Gasteiger partial charge in [0.1, 0.15) is 28.9 Å². The van der Waals surface area contributed by atoms with E-state index < -0.39 is 0 Å². The molecule has 0 bridgehead atoms. The fraction of sp³-hybridized carbons (Fsp3) is 0.167. The first-order chi connectivity index (χ1) is 11.3. The van der Waals surface area contributed by atoms with Gasteiger partial charge in [0.2, 0.25) is 0 Å². The molecule has 5 heteroatoms. The Morgan fingerprint density at radius 1 is 0.957 bits per heavy atom. The third kappa shape index (κ3) is 3.63. The fourth-order valence-electron chi connectivity index (χ4n) is 2.18. The van der Waals surface area contributed by atoms with Gasteiger partial charge in [-0.15, -0.1) is 11.3 Å². The van der Waals surface area contributed by atoms with Crippen LogP contribution in [0.4, 0.5) is 0 Å². The summed E-state index contributed by atoms with van der Waals surface area (Å²) >= 11 is 1.56. The molecule has 0 radical (unpaired) electrons. The number of nitrogens with zero attached hydrogens (tertiary/aromatic N) is 1. The molecule has 3 aromatic rings. The van der Waals surface area contributed by atoms with E-state index >= 15 is 0 Å². The van der Waals surface area contributed by atoms with Gasteiger partial charge in [-0.05, 0) is 30.3 Å². The second-order valence-electron chi connectivity index (χ2n) is 4.79. The Kier molecular flexibility index (Phi) is 4.78. The van der Waals surface area contributed by atoms with E-state index in [9.17, 15) is 0 Å². The van der Waals surface area contributed by atoms with Crippen molar-refractivity contribution in [3.63, 3.8) is 0 Å². The molecule has 0 aliphatic rings. The van der Waals surface area contributed by atoms with Crippen LogP contribution < -0.4 is 14.2 Å². The zero-order valence-electron chi connectivity index (χ0n) is 13.0. The van der Waals surface area contributed by atoms with Crippen molar-refractivity contribution in [2.75, 3.05) is 14.2 Å². The highest BCUT2D eigenvalue weighted by atomic mass is 32.1. The molecule has 0 spiro atoms. The number of hydrogen-bond donors (Lipinski definition) is 0. The summed E-state index contributed by atoms with van der Waals surface area (Å²) in [6, 6.07) is 15.4. The van der Waals surface area contributed by atoms with Crippen molar-refractivity contribution >= 4 is 11.3 Å². The Labute approximate surface area is 139 Å². The lowest BCUT2D eigenvalue weighted by Crippen LogP contribution is -1.95. The van der Waals surface area contributed by atoms with Gasteiger partial charge in [-0.3, -0.25) is 0 Å². The monoisotopic (exact) mass is 327 g/mol. The van der Waals surface area contributed by atoms with Crippen LogP contribution in [0, 0.1) is 0 Å². The zero-order valence-corrected chi connectivity index (χ0v) is 13.8. The number of rotatable bonds is 6. The van der Waals surface area contributed by atoms with E-state index in [-0.39, 0.29) is 0 Å². The van der Waals surface area contributed by atoms with E-state index in [0.29, 0.717) is 6.61 Å². The average molecular weight is 327 g/mol. The minimum atomic E-state index is 0.445. The molecule has 118 valence electrons. The molecule has 0 saturated carbocycles. The summed E-state index contributed by atoms with van der Waals surface area (Å²) in [6.07, 6.45) is 0. The Morgan fingerprint density at radius 2 is 1.78 bits per heavy atom. The van der Waals surface area contributed by atoms with Crippen LogP contribution in [-0.2, 0) is 6.61 Å². The van der Waals surface area contributed by atoms with Crippen molar-refractivity contribution in [3.05, 3.63) is 58.9 Å². The van der Waals surface area contributed by atoms with Crippen molar-refractivity contribution in [1.29, 1.82) is 0 Å². The third-order valence-electron chi connectivity index (χ3n) is 3.34. The van der Waals surface area contributed by atoms with E-state index in [1.54, 1.807) is 25.6 Å². The predicted molar refractivity (Wildman–Crippen MR) is 91.4 cm³/mol. The second kappa shape index (κ2) is 7.15. The summed E-state index contributed by atoms with van der Waals surface area (Å²) < 4.78 is 16.4. The SMILES string of the molecule is COc1ccc(OC)c(-c2csc(COc3ccccc3)n2)c1. The van der Waals surface area contributed by atoms with Crippen LogP contribution in [-0.4, -0.2) is 19.2 Å². The van der Waals surface area contributed by atoms with E-state index in [4.69, 9.17) is 14.2 Å². The van der Waals surface area contributed by atoms with Gasteiger partial charge in [0.15, 0.2) is 0 Å². The van der Waals surface area contributed by atoms with Gasteiger partial charge in [0, 0.05) is 10.9 Å². The number of benzene rings is 2. The van der Waals surface area contributed by atoms with Crippen molar-refractivity contribution in [1.82, 2.24) is 4.98 Å². The van der Waals surface area contributed by atoms with Gasteiger partial charge < -0.3 is 14.2 Å². The number of para-hydroxylation sites is 1. The molecule has 4 nitrogen and oxygen atoms in total. The lowest BCUT2D eigenvalue weighted by Gasteiger charge is -2.08. The maximum atomic E-state index is 5.73. The quantitative estimate of drug-likeness (QED) is 0.672. The van der Waals surface area contributed by atoms with Gasteiger partial charge in [-0.2, -0.15) is 0 Å². The largest absolute Gasteiger partial charge is 0.497 e. The summed E-state index contributed by atoms with van der Waals surface area (Å²) in [5.41, 5.74) is 1.77. The second-order valence-corrected chi connectivity index (χ2v) is 5.74. The molecule has 0 aliphatic carbocycles. The molecule has 0 fully saturated rings. The zero-order chi connectivity index (χ0) is 16.1. The summed E-state index contributed by atoms with van der Waals surface area (Å²) in [7, 11) is 3.29. The summed E-state index contributed by atoms with van der Waals surface area (Å²) in [4.78, 5) is 4.64. The van der Waals surface area contributed by atoms with Gasteiger partial charge in [0.05, 0.1) is 19.9 Å². The number of aromatic nitrogens is 1. The predicted octanol–water partition coefficient (Wildman–Crippen LogP) is 4.41. The lowest BCUT2D eigenvalue weighted by molar-refractivity contribution is 0.305. The number of thiazole rings is 1. The van der Waals surface area contributed by atoms with E-state index in [0.717, 1.165) is 33.5 Å². The summed E-state index contributed by atoms with van der Waals surface area (Å²) in [5, 5.41) is 2.91. The van der Waals surface area contributed by atoms with Crippen molar-refractivity contribution in [3.8, 4) is 28.5 Å². The average Bonchev–Trinajstić information content (AvgIpc) is 3.09. The van der Waals surface area contributed by atoms with Crippen LogP contribution in [0.2, 0.25) is 0 Å². The van der Waals surface area contributed by atoms with Crippen LogP contribution in [0.3, 0.4) is 0 Å². The van der Waals surface area contributed by atoms with Crippen LogP contribution >= 0.6 is 11.3 Å². The molecule has 0 saturated heterocycles. The normalized spacial score (nSPS) is 10.3.